The highest BCUT2D eigenvalue weighted by Crippen LogP contribution is 2.29. The van der Waals surface area contributed by atoms with E-state index in [0.717, 1.165) is 5.56 Å². The van der Waals surface area contributed by atoms with Crippen LogP contribution in [0.2, 0.25) is 0 Å². The van der Waals surface area contributed by atoms with Crippen molar-refractivity contribution in [2.75, 3.05) is 12.3 Å². The van der Waals surface area contributed by atoms with Crippen molar-refractivity contribution in [3.63, 3.8) is 0 Å². The Morgan fingerprint density at radius 3 is 2.55 bits per heavy atom. The molecule has 1 atom stereocenters. The first-order valence-electron chi connectivity index (χ1n) is 6.16. The van der Waals surface area contributed by atoms with Gasteiger partial charge in [-0.1, -0.05) is 30.3 Å². The Bertz CT molecular complexity index is 412. The second-order valence-corrected chi connectivity index (χ2v) is 5.38. The number of halogens is 3. The summed E-state index contributed by atoms with van der Waals surface area (Å²) < 4.78 is 35.6. The van der Waals surface area contributed by atoms with E-state index in [0.29, 0.717) is 12.8 Å². The molecule has 112 valence electrons. The van der Waals surface area contributed by atoms with E-state index < -0.39 is 17.5 Å². The van der Waals surface area contributed by atoms with Gasteiger partial charge in [0.25, 0.3) is 0 Å². The van der Waals surface area contributed by atoms with Crippen LogP contribution in [-0.4, -0.2) is 29.8 Å². The summed E-state index contributed by atoms with van der Waals surface area (Å²) in [5.74, 6) is -0.621. The van der Waals surface area contributed by atoms with Gasteiger partial charge in [0.2, 0.25) is 5.91 Å². The lowest BCUT2D eigenvalue weighted by molar-refractivity contribution is -0.122. The predicted molar refractivity (Wildman–Crippen MR) is 74.3 cm³/mol. The molecule has 1 unspecified atom stereocenters. The Morgan fingerprint density at radius 1 is 1.30 bits per heavy atom. The van der Waals surface area contributed by atoms with Crippen LogP contribution in [0.4, 0.5) is 13.2 Å². The number of nitrogens with two attached hydrogens (primary N) is 1. The van der Waals surface area contributed by atoms with E-state index in [4.69, 9.17) is 5.73 Å². The molecule has 0 saturated heterocycles. The summed E-state index contributed by atoms with van der Waals surface area (Å²) in [7, 11) is 0. The summed E-state index contributed by atoms with van der Waals surface area (Å²) in [6.07, 6.45) is 1.12. The number of nitrogens with one attached hydrogen (secondary N) is 1. The quantitative estimate of drug-likeness (QED) is 0.760. The average molecular weight is 306 g/mol. The third kappa shape index (κ3) is 7.40. The highest BCUT2D eigenvalue weighted by molar-refractivity contribution is 8.00. The second kappa shape index (κ2) is 8.16. The SMILES string of the molecule is NC(CCc1ccccc1)C(=O)NCCSC(F)(F)F. The summed E-state index contributed by atoms with van der Waals surface area (Å²) in [5, 5.41) is 2.41. The van der Waals surface area contributed by atoms with Crippen LogP contribution in [0, 0.1) is 0 Å². The maximum Gasteiger partial charge on any atom is 0.441 e. The highest BCUT2D eigenvalue weighted by Gasteiger charge is 2.27. The van der Waals surface area contributed by atoms with Gasteiger partial charge in [0.05, 0.1) is 6.04 Å². The maximum absolute atomic E-state index is 11.9. The van der Waals surface area contributed by atoms with Crippen molar-refractivity contribution in [2.24, 2.45) is 5.73 Å². The third-order valence-electron chi connectivity index (χ3n) is 2.59. The number of aryl methyl sites for hydroxylation is 1. The van der Waals surface area contributed by atoms with Crippen molar-refractivity contribution in [3.8, 4) is 0 Å². The molecule has 7 heteroatoms. The molecule has 0 spiro atoms. The van der Waals surface area contributed by atoms with Crippen molar-refractivity contribution in [1.82, 2.24) is 5.32 Å². The summed E-state index contributed by atoms with van der Waals surface area (Å²) in [6, 6.07) is 8.86. The van der Waals surface area contributed by atoms with Gasteiger partial charge in [0.1, 0.15) is 0 Å². The minimum atomic E-state index is -4.26. The normalized spacial score (nSPS) is 13.0. The molecule has 0 bridgehead atoms. The lowest BCUT2D eigenvalue weighted by Crippen LogP contribution is -2.41. The molecule has 0 saturated carbocycles. The van der Waals surface area contributed by atoms with Crippen molar-refractivity contribution in [3.05, 3.63) is 35.9 Å². The zero-order valence-electron chi connectivity index (χ0n) is 10.8. The lowest BCUT2D eigenvalue weighted by Gasteiger charge is -2.12. The highest BCUT2D eigenvalue weighted by atomic mass is 32.2. The molecule has 0 aliphatic rings. The van der Waals surface area contributed by atoms with Gasteiger partial charge in [-0.25, -0.2) is 0 Å². The van der Waals surface area contributed by atoms with Gasteiger partial charge in [0.15, 0.2) is 0 Å². The van der Waals surface area contributed by atoms with Gasteiger partial charge < -0.3 is 11.1 Å². The van der Waals surface area contributed by atoms with Crippen LogP contribution in [0.15, 0.2) is 30.3 Å². The molecule has 0 fully saturated rings. The fourth-order valence-electron chi connectivity index (χ4n) is 1.57. The van der Waals surface area contributed by atoms with Crippen molar-refractivity contribution >= 4 is 17.7 Å². The minimum Gasteiger partial charge on any atom is -0.354 e. The van der Waals surface area contributed by atoms with Crippen LogP contribution < -0.4 is 11.1 Å². The summed E-state index contributed by atoms with van der Waals surface area (Å²) >= 11 is -0.158. The first kappa shape index (κ1) is 16.8. The van der Waals surface area contributed by atoms with Gasteiger partial charge in [-0.15, -0.1) is 0 Å². The number of hydrogen-bond acceptors (Lipinski definition) is 3. The van der Waals surface area contributed by atoms with E-state index in [9.17, 15) is 18.0 Å². The molecular weight excluding hydrogens is 289 g/mol. The van der Waals surface area contributed by atoms with Crippen LogP contribution in [0.25, 0.3) is 0 Å². The molecule has 1 rings (SSSR count). The minimum absolute atomic E-state index is 0.0396. The molecule has 1 aromatic rings. The molecule has 0 aromatic heterocycles. The van der Waals surface area contributed by atoms with Crippen molar-refractivity contribution < 1.29 is 18.0 Å². The number of amides is 1. The molecule has 0 aliphatic carbocycles. The number of alkyl halides is 3. The topological polar surface area (TPSA) is 55.1 Å². The van der Waals surface area contributed by atoms with Crippen molar-refractivity contribution in [2.45, 2.75) is 24.4 Å². The Balaban J connectivity index is 2.19. The summed E-state index contributed by atoms with van der Waals surface area (Å²) in [6.45, 7) is -0.0396. The van der Waals surface area contributed by atoms with Gasteiger partial charge in [-0.05, 0) is 30.2 Å². The Kier molecular flexibility index (Phi) is 6.87. The smallest absolute Gasteiger partial charge is 0.354 e. The zero-order chi connectivity index (χ0) is 15.0. The second-order valence-electron chi connectivity index (χ2n) is 4.22. The zero-order valence-corrected chi connectivity index (χ0v) is 11.6. The Labute approximate surface area is 120 Å². The Morgan fingerprint density at radius 2 is 1.95 bits per heavy atom. The van der Waals surface area contributed by atoms with Crippen LogP contribution >= 0.6 is 11.8 Å². The molecule has 20 heavy (non-hydrogen) atoms. The molecule has 0 heterocycles. The van der Waals surface area contributed by atoms with Gasteiger partial charge in [-0.3, -0.25) is 4.79 Å². The van der Waals surface area contributed by atoms with E-state index in [1.165, 1.54) is 0 Å². The average Bonchev–Trinajstić information content (AvgIpc) is 2.40. The summed E-state index contributed by atoms with van der Waals surface area (Å²) in [5.41, 5.74) is 2.50. The number of thioether (sulfide) groups is 1. The van der Waals surface area contributed by atoms with E-state index in [1.54, 1.807) is 0 Å². The predicted octanol–water partition coefficient (Wildman–Crippen LogP) is 2.32. The van der Waals surface area contributed by atoms with E-state index in [1.807, 2.05) is 30.3 Å². The molecule has 1 aromatic carbocycles. The largest absolute Gasteiger partial charge is 0.441 e. The third-order valence-corrected chi connectivity index (χ3v) is 3.33. The monoisotopic (exact) mass is 306 g/mol. The van der Waals surface area contributed by atoms with Gasteiger partial charge in [-0.2, -0.15) is 13.2 Å². The fourth-order valence-corrected chi connectivity index (χ4v) is 2.01. The summed E-state index contributed by atoms with van der Waals surface area (Å²) in [4.78, 5) is 11.6. The van der Waals surface area contributed by atoms with Crippen LogP contribution in [-0.2, 0) is 11.2 Å². The van der Waals surface area contributed by atoms with Crippen LogP contribution in [0.3, 0.4) is 0 Å². The number of hydrogen-bond donors (Lipinski definition) is 2. The molecule has 3 nitrogen and oxygen atoms in total. The van der Waals surface area contributed by atoms with Crippen LogP contribution in [0.5, 0.6) is 0 Å². The first-order valence-corrected chi connectivity index (χ1v) is 7.15. The Hall–Kier alpha value is -1.21. The number of carbonyl (C=O) groups excluding carboxylic acids is 1. The molecule has 3 N–H and O–H groups in total. The van der Waals surface area contributed by atoms with Crippen LogP contribution in [0.1, 0.15) is 12.0 Å². The van der Waals surface area contributed by atoms with Gasteiger partial charge >= 0.3 is 5.51 Å². The van der Waals surface area contributed by atoms with Gasteiger partial charge in [0, 0.05) is 12.3 Å². The van der Waals surface area contributed by atoms with E-state index in [-0.39, 0.29) is 24.1 Å². The number of benzene rings is 1. The lowest BCUT2D eigenvalue weighted by atomic mass is 10.1. The molecule has 0 radical (unpaired) electrons. The first-order chi connectivity index (χ1) is 9.38. The molecular formula is C13H17F3N2OS. The molecule has 1 amide bonds. The van der Waals surface area contributed by atoms with Crippen molar-refractivity contribution in [1.29, 1.82) is 0 Å². The number of rotatable bonds is 7. The fraction of sp³-hybridized carbons (Fsp3) is 0.462. The maximum atomic E-state index is 11.9. The standard InChI is InChI=1S/C13H17F3N2OS/c14-13(15,16)20-9-8-18-12(19)11(17)7-6-10-4-2-1-3-5-10/h1-5,11H,6-9,17H2,(H,18,19). The van der Waals surface area contributed by atoms with E-state index >= 15 is 0 Å². The number of carbonyl (C=O) groups is 1. The van der Waals surface area contributed by atoms with E-state index in [2.05, 4.69) is 5.32 Å². The molecule has 0 aliphatic heterocycles.